The fraction of sp³-hybridized carbons (Fsp3) is 0.667. The summed E-state index contributed by atoms with van der Waals surface area (Å²) in [6, 6.07) is 7.12. The van der Waals surface area contributed by atoms with Gasteiger partial charge in [-0.2, -0.15) is 0 Å². The van der Waals surface area contributed by atoms with Crippen molar-refractivity contribution < 1.29 is 27.2 Å². The Labute approximate surface area is 175 Å². The van der Waals surface area contributed by atoms with Crippen molar-refractivity contribution in [1.29, 1.82) is 0 Å². The van der Waals surface area contributed by atoms with Gasteiger partial charge < -0.3 is 23.0 Å². The zero-order chi connectivity index (χ0) is 19.6. The molecule has 154 valence electrons. The standard InChI is InChI=1S/C10H14NO2.C10H20.CH3.ClH.Rh/c1-13-10-4-2-8(3-5-10)6-9(11)7-12;1-6-7(2)9(4)10(5)8(6)3;;;/h2-5,9,11-12H,6-7H2,1H3;6-10H,1-5H3;1H3;1H;/q-1;;-1;;+3/p-1. The summed E-state index contributed by atoms with van der Waals surface area (Å²) in [5.41, 5.74) is 8.43. The number of ether oxygens (including phenoxy) is 1. The van der Waals surface area contributed by atoms with Crippen LogP contribution in [0.25, 0.3) is 5.73 Å². The number of halogens is 1. The molecular formula is C21H37ClNO2Rh. The Balaban J connectivity index is 0. The Morgan fingerprint density at radius 2 is 1.31 bits per heavy atom. The molecule has 2 N–H and O–H groups in total. The van der Waals surface area contributed by atoms with E-state index in [9.17, 15) is 0 Å². The summed E-state index contributed by atoms with van der Waals surface area (Å²) in [5, 5.41) is 8.68. The topological polar surface area (TPSA) is 53.3 Å². The van der Waals surface area contributed by atoms with Crippen LogP contribution in [0, 0.1) is 37.0 Å². The molecule has 1 aliphatic carbocycles. The Morgan fingerprint density at radius 3 is 1.58 bits per heavy atom. The summed E-state index contributed by atoms with van der Waals surface area (Å²) < 4.78 is 5.00. The number of rotatable bonds is 4. The van der Waals surface area contributed by atoms with Crippen LogP contribution in [0.2, 0.25) is 0 Å². The second-order valence-electron chi connectivity index (χ2n) is 7.23. The summed E-state index contributed by atoms with van der Waals surface area (Å²) in [6.45, 7) is 11.9. The molecule has 0 aromatic heterocycles. The van der Waals surface area contributed by atoms with Crippen LogP contribution in [-0.4, -0.2) is 24.9 Å². The van der Waals surface area contributed by atoms with E-state index in [0.717, 1.165) is 40.9 Å². The van der Waals surface area contributed by atoms with Gasteiger partial charge in [0.05, 0.1) is 7.11 Å². The zero-order valence-corrected chi connectivity index (χ0v) is 19.6. The second-order valence-corrected chi connectivity index (χ2v) is 7.23. The van der Waals surface area contributed by atoms with E-state index >= 15 is 0 Å². The molecule has 0 bridgehead atoms. The van der Waals surface area contributed by atoms with Crippen LogP contribution in [0.15, 0.2) is 24.3 Å². The molecule has 3 nitrogen and oxygen atoms in total. The van der Waals surface area contributed by atoms with E-state index in [1.54, 1.807) is 7.11 Å². The van der Waals surface area contributed by atoms with Crippen LogP contribution in [0.5, 0.6) is 5.75 Å². The number of nitrogens with one attached hydrogen (secondary N) is 1. The fourth-order valence-corrected chi connectivity index (χ4v) is 3.50. The van der Waals surface area contributed by atoms with Gasteiger partial charge in [-0.1, -0.05) is 46.8 Å². The normalized spacial score (nSPS) is 27.8. The number of methoxy groups -OCH3 is 1. The summed E-state index contributed by atoms with van der Waals surface area (Å²) >= 11 is 2.02. The molecule has 1 atom stereocenters. The Bertz CT molecular complexity index is 413. The first-order chi connectivity index (χ1) is 11.8. The van der Waals surface area contributed by atoms with Gasteiger partial charge >= 0.3 is 27.0 Å². The summed E-state index contributed by atoms with van der Waals surface area (Å²) in [5.74, 6) is 5.49. The van der Waals surface area contributed by atoms with Crippen LogP contribution in [-0.2, 0) is 23.7 Å². The molecule has 26 heavy (non-hydrogen) atoms. The molecule has 1 unspecified atom stereocenters. The molecule has 1 aromatic carbocycles. The predicted octanol–water partition coefficient (Wildman–Crippen LogP) is 5.97. The average molecular weight is 474 g/mol. The van der Waals surface area contributed by atoms with Crippen LogP contribution < -0.4 is 4.74 Å². The second kappa shape index (κ2) is 14.9. The predicted molar refractivity (Wildman–Crippen MR) is 110 cm³/mol. The maximum absolute atomic E-state index is 8.68. The van der Waals surface area contributed by atoms with Gasteiger partial charge in [-0.25, -0.2) is 0 Å². The first-order valence-electron chi connectivity index (χ1n) is 8.89. The van der Waals surface area contributed by atoms with E-state index in [1.165, 1.54) is 0 Å². The van der Waals surface area contributed by atoms with Crippen LogP contribution in [0.4, 0.5) is 0 Å². The van der Waals surface area contributed by atoms with Crippen molar-refractivity contribution in [3.05, 3.63) is 43.0 Å². The average Bonchev–Trinajstić information content (AvgIpc) is 2.82. The van der Waals surface area contributed by atoms with Crippen molar-refractivity contribution in [3.63, 3.8) is 0 Å². The van der Waals surface area contributed by atoms with Gasteiger partial charge in [0.15, 0.2) is 0 Å². The molecular weight excluding hydrogens is 437 g/mol. The zero-order valence-electron chi connectivity index (χ0n) is 17.3. The van der Waals surface area contributed by atoms with E-state index in [0.29, 0.717) is 6.42 Å². The molecule has 1 aromatic rings. The van der Waals surface area contributed by atoms with E-state index < -0.39 is 6.04 Å². The van der Waals surface area contributed by atoms with Gasteiger partial charge in [-0.15, -0.1) is 6.04 Å². The Morgan fingerprint density at radius 1 is 0.962 bits per heavy atom. The van der Waals surface area contributed by atoms with E-state index in [1.807, 2.05) is 41.6 Å². The third-order valence-corrected chi connectivity index (χ3v) is 6.01. The van der Waals surface area contributed by atoms with Crippen LogP contribution in [0.1, 0.15) is 40.2 Å². The fourth-order valence-electron chi connectivity index (χ4n) is 3.50. The SMILES string of the molecule is CC1C(C)C(C)C(C)C1C.COc1ccc(CC([NH-])CO)cc1.[CH3-].[Cl][Rh+2]. The molecule has 0 amide bonds. The number of hydrogen-bond acceptors (Lipinski definition) is 2. The van der Waals surface area contributed by atoms with Crippen molar-refractivity contribution in [1.82, 2.24) is 0 Å². The van der Waals surface area contributed by atoms with Crippen LogP contribution >= 0.6 is 9.69 Å². The third-order valence-electron chi connectivity index (χ3n) is 6.01. The van der Waals surface area contributed by atoms with E-state index in [2.05, 4.69) is 44.3 Å². The molecule has 0 aliphatic heterocycles. The minimum absolute atomic E-state index is 0. The molecule has 0 radical (unpaired) electrons. The molecule has 1 saturated carbocycles. The Kier molecular flexibility index (Phi) is 16.0. The van der Waals surface area contributed by atoms with Gasteiger partial charge in [0.2, 0.25) is 0 Å². The Hall–Kier alpha value is -0.147. The molecule has 1 fully saturated rings. The van der Waals surface area contributed by atoms with Crippen molar-refractivity contribution in [2.45, 2.75) is 47.1 Å². The van der Waals surface area contributed by atoms with Gasteiger partial charge in [-0.3, -0.25) is 0 Å². The first-order valence-corrected chi connectivity index (χ1v) is 11.0. The molecule has 2 rings (SSSR count). The number of benzene rings is 1. The summed E-state index contributed by atoms with van der Waals surface area (Å²) in [4.78, 5) is 0. The monoisotopic (exact) mass is 473 g/mol. The van der Waals surface area contributed by atoms with Gasteiger partial charge in [-0.05, 0) is 53.7 Å². The molecule has 0 saturated heterocycles. The summed E-state index contributed by atoms with van der Waals surface area (Å²) in [6.07, 6.45) is 0.584. The quantitative estimate of drug-likeness (QED) is 0.433. The maximum atomic E-state index is 8.68. The molecule has 0 heterocycles. The molecule has 5 heteroatoms. The molecule has 1 aliphatic rings. The first kappa shape index (κ1) is 28.1. The van der Waals surface area contributed by atoms with Crippen LogP contribution in [0.3, 0.4) is 0 Å². The number of hydrogen-bond donors (Lipinski definition) is 1. The van der Waals surface area contributed by atoms with Crippen molar-refractivity contribution in [2.75, 3.05) is 13.7 Å². The van der Waals surface area contributed by atoms with E-state index in [4.69, 9.17) is 15.6 Å². The minimum atomic E-state index is -0.423. The van der Waals surface area contributed by atoms with Gasteiger partial charge in [0, 0.05) is 6.61 Å². The van der Waals surface area contributed by atoms with E-state index in [-0.39, 0.29) is 14.0 Å². The molecule has 0 spiro atoms. The number of aliphatic hydroxyl groups excluding tert-OH is 1. The summed E-state index contributed by atoms with van der Waals surface area (Å²) in [7, 11) is 6.15. The third kappa shape index (κ3) is 8.69. The number of aliphatic hydroxyl groups is 1. The van der Waals surface area contributed by atoms with Gasteiger partial charge in [0.1, 0.15) is 5.75 Å². The van der Waals surface area contributed by atoms with Gasteiger partial charge in [0.25, 0.3) is 0 Å². The van der Waals surface area contributed by atoms with Crippen molar-refractivity contribution in [3.8, 4) is 5.75 Å². The van der Waals surface area contributed by atoms with Crippen molar-refractivity contribution >= 4 is 9.69 Å². The van der Waals surface area contributed by atoms with Crippen molar-refractivity contribution in [2.24, 2.45) is 29.6 Å².